The Bertz CT molecular complexity index is 1160. The minimum atomic E-state index is -0.0491. The Morgan fingerprint density at radius 3 is 2.58 bits per heavy atom. The minimum Gasteiger partial charge on any atom is -0.497 e. The van der Waals surface area contributed by atoms with E-state index in [1.54, 1.807) is 43.8 Å². The minimum absolute atomic E-state index is 0.0491. The maximum absolute atomic E-state index is 12.9. The van der Waals surface area contributed by atoms with E-state index in [9.17, 15) is 4.79 Å². The fraction of sp³-hybridized carbons (Fsp3) is 0.174. The summed E-state index contributed by atoms with van der Waals surface area (Å²) in [5.41, 5.74) is 1.48. The molecule has 4 aromatic rings. The van der Waals surface area contributed by atoms with Crippen molar-refractivity contribution < 1.29 is 14.3 Å². The molecular weight excluding hydrogens is 430 g/mol. The summed E-state index contributed by atoms with van der Waals surface area (Å²) in [6, 6.07) is 19.3. The van der Waals surface area contributed by atoms with Gasteiger partial charge in [-0.05, 0) is 35.7 Å². The maximum atomic E-state index is 12.9. The largest absolute Gasteiger partial charge is 0.497 e. The molecule has 0 saturated heterocycles. The van der Waals surface area contributed by atoms with Crippen molar-refractivity contribution in [1.29, 1.82) is 0 Å². The molecule has 6 nitrogen and oxygen atoms in total. The van der Waals surface area contributed by atoms with Crippen LogP contribution in [-0.4, -0.2) is 40.5 Å². The van der Waals surface area contributed by atoms with Crippen molar-refractivity contribution in [1.82, 2.24) is 14.8 Å². The van der Waals surface area contributed by atoms with Gasteiger partial charge in [-0.1, -0.05) is 36.0 Å². The molecule has 0 N–H and O–H groups in total. The lowest BCUT2D eigenvalue weighted by atomic mass is 10.1. The predicted molar refractivity (Wildman–Crippen MR) is 123 cm³/mol. The van der Waals surface area contributed by atoms with Crippen LogP contribution in [-0.2, 0) is 6.42 Å². The second-order valence-corrected chi connectivity index (χ2v) is 8.58. The molecule has 158 valence electrons. The lowest BCUT2D eigenvalue weighted by Crippen LogP contribution is -2.07. The van der Waals surface area contributed by atoms with Gasteiger partial charge in [-0.15, -0.1) is 21.5 Å². The summed E-state index contributed by atoms with van der Waals surface area (Å²) >= 11 is 3.05. The molecule has 0 atom stereocenters. The van der Waals surface area contributed by atoms with Gasteiger partial charge in [-0.2, -0.15) is 0 Å². The predicted octanol–water partition coefficient (Wildman–Crippen LogP) is 4.91. The molecule has 2 heterocycles. The van der Waals surface area contributed by atoms with Crippen molar-refractivity contribution in [3.05, 3.63) is 82.3 Å². The van der Waals surface area contributed by atoms with Crippen LogP contribution in [0.2, 0.25) is 0 Å². The van der Waals surface area contributed by atoms with Crippen LogP contribution in [0, 0.1) is 0 Å². The zero-order chi connectivity index (χ0) is 21.6. The normalized spacial score (nSPS) is 10.8. The van der Waals surface area contributed by atoms with E-state index in [4.69, 9.17) is 9.47 Å². The fourth-order valence-electron chi connectivity index (χ4n) is 3.15. The number of nitrogens with zero attached hydrogens (tertiary/aromatic N) is 3. The molecule has 2 aromatic carbocycles. The van der Waals surface area contributed by atoms with E-state index < -0.39 is 0 Å². The van der Waals surface area contributed by atoms with E-state index >= 15 is 0 Å². The highest BCUT2D eigenvalue weighted by molar-refractivity contribution is 7.99. The molecule has 8 heteroatoms. The number of thioether (sulfide) groups is 1. The summed E-state index contributed by atoms with van der Waals surface area (Å²) in [6.45, 7) is 0. The number of aromatic nitrogens is 3. The lowest BCUT2D eigenvalue weighted by molar-refractivity contribution is 0.101. The highest BCUT2D eigenvalue weighted by Gasteiger charge is 2.19. The van der Waals surface area contributed by atoms with Gasteiger partial charge in [0.15, 0.2) is 10.9 Å². The third-order valence-electron chi connectivity index (χ3n) is 4.67. The summed E-state index contributed by atoms with van der Waals surface area (Å²) in [7, 11) is 3.12. The number of carbonyl (C=O) groups excluding carboxylic acids is 1. The molecule has 0 aliphatic carbocycles. The average Bonchev–Trinajstić information content (AvgIpc) is 3.47. The topological polar surface area (TPSA) is 66.2 Å². The summed E-state index contributed by atoms with van der Waals surface area (Å²) < 4.78 is 12.6. The molecule has 0 amide bonds. The number of Topliss-reactive ketones (excluding diaryl/α,β-unsaturated/α-hetero) is 1. The van der Waals surface area contributed by atoms with Crippen LogP contribution in [0.25, 0.3) is 5.69 Å². The van der Waals surface area contributed by atoms with Gasteiger partial charge in [0.25, 0.3) is 0 Å². The van der Waals surface area contributed by atoms with Crippen LogP contribution in [0.3, 0.4) is 0 Å². The molecule has 4 rings (SSSR count). The average molecular weight is 452 g/mol. The van der Waals surface area contributed by atoms with Crippen LogP contribution in [0.1, 0.15) is 21.1 Å². The van der Waals surface area contributed by atoms with Crippen LogP contribution < -0.4 is 9.47 Å². The second-order valence-electron chi connectivity index (χ2n) is 6.60. The lowest BCUT2D eigenvalue weighted by Gasteiger charge is -2.11. The maximum Gasteiger partial charge on any atom is 0.196 e. The van der Waals surface area contributed by atoms with E-state index in [0.29, 0.717) is 28.6 Å². The van der Waals surface area contributed by atoms with Crippen LogP contribution in [0.5, 0.6) is 11.5 Å². The van der Waals surface area contributed by atoms with Crippen LogP contribution in [0.4, 0.5) is 0 Å². The summed E-state index contributed by atoms with van der Waals surface area (Å²) in [4.78, 5) is 14.1. The number of hydrogen-bond donors (Lipinski definition) is 0. The van der Waals surface area contributed by atoms with Gasteiger partial charge in [0, 0.05) is 23.1 Å². The number of para-hydroxylation sites is 1. The first-order valence-electron chi connectivity index (χ1n) is 9.59. The van der Waals surface area contributed by atoms with Crippen molar-refractivity contribution >= 4 is 28.9 Å². The van der Waals surface area contributed by atoms with Gasteiger partial charge in [0.05, 0.1) is 25.5 Å². The number of carbonyl (C=O) groups is 1. The van der Waals surface area contributed by atoms with Crippen molar-refractivity contribution in [3.8, 4) is 17.2 Å². The van der Waals surface area contributed by atoms with Crippen molar-refractivity contribution in [2.75, 3.05) is 20.0 Å². The van der Waals surface area contributed by atoms with Crippen LogP contribution >= 0.6 is 23.1 Å². The standard InChI is InChI=1S/C23H21N3O3S2/c1-28-17-10-11-19(21(13-17)29-2)20(27)15-31-23-25-24-22(14-18-9-6-12-30-18)26(23)16-7-4-3-5-8-16/h3-13H,14-15H2,1-2H3. The van der Waals surface area contributed by atoms with E-state index in [-0.39, 0.29) is 11.5 Å². The second kappa shape index (κ2) is 9.80. The molecular formula is C23H21N3O3S2. The van der Waals surface area contributed by atoms with Gasteiger partial charge in [-0.3, -0.25) is 9.36 Å². The number of rotatable bonds is 9. The van der Waals surface area contributed by atoms with Crippen molar-refractivity contribution in [2.45, 2.75) is 11.6 Å². The number of hydrogen-bond acceptors (Lipinski definition) is 7. The number of thiophene rings is 1. The Hall–Kier alpha value is -3.10. The van der Waals surface area contributed by atoms with Gasteiger partial charge < -0.3 is 9.47 Å². The van der Waals surface area contributed by atoms with E-state index in [2.05, 4.69) is 21.6 Å². The Morgan fingerprint density at radius 2 is 1.87 bits per heavy atom. The summed E-state index contributed by atoms with van der Waals surface area (Å²) in [6.07, 6.45) is 0.681. The first-order valence-corrected chi connectivity index (χ1v) is 11.5. The molecule has 0 saturated carbocycles. The molecule has 0 bridgehead atoms. The molecule has 0 spiro atoms. The molecule has 2 aromatic heterocycles. The summed E-state index contributed by atoms with van der Waals surface area (Å²) in [5.74, 6) is 2.14. The van der Waals surface area contributed by atoms with E-state index in [1.807, 2.05) is 41.0 Å². The van der Waals surface area contributed by atoms with Crippen molar-refractivity contribution in [2.24, 2.45) is 0 Å². The highest BCUT2D eigenvalue weighted by Crippen LogP contribution is 2.28. The SMILES string of the molecule is COc1ccc(C(=O)CSc2nnc(Cc3cccs3)n2-c2ccccc2)c(OC)c1. The third-order valence-corrected chi connectivity index (χ3v) is 6.47. The number of ether oxygens (including phenoxy) is 2. The number of methoxy groups -OCH3 is 2. The Morgan fingerprint density at radius 1 is 1.03 bits per heavy atom. The quantitative estimate of drug-likeness (QED) is 0.266. The highest BCUT2D eigenvalue weighted by atomic mass is 32.2. The van der Waals surface area contributed by atoms with Crippen molar-refractivity contribution in [3.63, 3.8) is 0 Å². The van der Waals surface area contributed by atoms with Gasteiger partial charge >= 0.3 is 0 Å². The van der Waals surface area contributed by atoms with Gasteiger partial charge in [0.1, 0.15) is 17.3 Å². The molecule has 0 radical (unpaired) electrons. The first kappa shape index (κ1) is 21.1. The molecule has 0 unspecified atom stereocenters. The Labute approximate surface area is 188 Å². The number of benzene rings is 2. The zero-order valence-electron chi connectivity index (χ0n) is 17.1. The monoisotopic (exact) mass is 451 g/mol. The zero-order valence-corrected chi connectivity index (χ0v) is 18.8. The molecule has 0 aliphatic rings. The smallest absolute Gasteiger partial charge is 0.196 e. The molecule has 0 fully saturated rings. The fourth-order valence-corrected chi connectivity index (χ4v) is 4.71. The molecule has 0 aliphatic heterocycles. The van der Waals surface area contributed by atoms with E-state index in [1.165, 1.54) is 16.6 Å². The van der Waals surface area contributed by atoms with E-state index in [0.717, 1.165) is 11.5 Å². The van der Waals surface area contributed by atoms with Crippen LogP contribution in [0.15, 0.2) is 71.2 Å². The Balaban J connectivity index is 1.59. The molecule has 31 heavy (non-hydrogen) atoms. The number of ketones is 1. The van der Waals surface area contributed by atoms with Gasteiger partial charge in [0.2, 0.25) is 0 Å². The third kappa shape index (κ3) is 4.81. The first-order chi connectivity index (χ1) is 15.2. The summed E-state index contributed by atoms with van der Waals surface area (Å²) in [5, 5.41) is 11.5. The Kier molecular flexibility index (Phi) is 6.69. The van der Waals surface area contributed by atoms with Gasteiger partial charge in [-0.25, -0.2) is 0 Å².